The average molecular weight is 361 g/mol. The Hall–Kier alpha value is -2.39. The Bertz CT molecular complexity index is 1150. The number of pyridine rings is 1. The second kappa shape index (κ2) is 6.10. The van der Waals surface area contributed by atoms with Crippen LogP contribution in [0, 0.1) is 0 Å². The van der Waals surface area contributed by atoms with E-state index in [4.69, 9.17) is 5.79 Å². The van der Waals surface area contributed by atoms with Gasteiger partial charge in [-0.05, 0) is 35.7 Å². The highest BCUT2D eigenvalue weighted by Gasteiger charge is 2.19. The highest BCUT2D eigenvalue weighted by molar-refractivity contribution is 6.88. The summed E-state index contributed by atoms with van der Waals surface area (Å²) in [6.45, 7) is 10.8. The molecule has 0 N–H and O–H groups in total. The summed E-state index contributed by atoms with van der Waals surface area (Å²) in [7, 11) is -1.40. The lowest BCUT2D eigenvalue weighted by atomic mass is 10.0. The summed E-state index contributed by atoms with van der Waals surface area (Å²) >= 11 is 0. The quantitative estimate of drug-likeness (QED) is 0.400. The maximum atomic E-state index is 8.32. The van der Waals surface area contributed by atoms with E-state index in [0.717, 1.165) is 38.8 Å². The third-order valence-electron chi connectivity index (χ3n) is 4.98. The number of nitrogens with zero attached hydrogens (tertiary/aromatic N) is 1. The van der Waals surface area contributed by atoms with E-state index < -0.39 is 14.0 Å². The van der Waals surface area contributed by atoms with Crippen molar-refractivity contribution in [3.05, 3.63) is 60.3 Å². The van der Waals surface area contributed by atoms with Crippen LogP contribution < -0.4 is 5.19 Å². The van der Waals surface area contributed by atoms with Crippen molar-refractivity contribution in [1.29, 1.82) is 0 Å². The molecular formula is C23H25NOSi. The van der Waals surface area contributed by atoms with Gasteiger partial charge in [0.05, 0.1) is 13.8 Å². The molecule has 4 aromatic rings. The molecule has 0 bridgehead atoms. The van der Waals surface area contributed by atoms with Crippen molar-refractivity contribution < 1.29 is 5.79 Å². The maximum Gasteiger partial charge on any atom is 0.144 e. The summed E-state index contributed by atoms with van der Waals surface area (Å²) in [5.74, 6) is -0.661. The molecule has 0 spiro atoms. The van der Waals surface area contributed by atoms with Gasteiger partial charge < -0.3 is 4.42 Å². The average Bonchev–Trinajstić information content (AvgIpc) is 2.98. The first-order valence-electron chi connectivity index (χ1n) is 9.57. The predicted molar refractivity (Wildman–Crippen MR) is 114 cm³/mol. The van der Waals surface area contributed by atoms with Crippen LogP contribution in [-0.4, -0.2) is 13.1 Å². The van der Waals surface area contributed by atoms with Gasteiger partial charge in [0.15, 0.2) is 0 Å². The van der Waals surface area contributed by atoms with Crippen molar-refractivity contribution in [2.45, 2.75) is 39.4 Å². The standard InChI is InChI=1S/C23H25NOSi/c1-15(2)16-11-12-24-21(13-16)20-8-6-7-19-18-10-9-17(26(3,4)5)14-22(18)25-23(19)20/h6-15H,1-5H3/i15D. The molecule has 2 heterocycles. The van der Waals surface area contributed by atoms with Crippen LogP contribution in [0.1, 0.15) is 26.7 Å². The Morgan fingerprint density at radius 1 is 1.00 bits per heavy atom. The van der Waals surface area contributed by atoms with Crippen LogP contribution in [0.4, 0.5) is 0 Å². The first kappa shape index (κ1) is 15.8. The van der Waals surface area contributed by atoms with E-state index in [1.807, 2.05) is 32.0 Å². The Kier molecular flexibility index (Phi) is 3.71. The summed E-state index contributed by atoms with van der Waals surface area (Å²) in [5, 5.41) is 3.65. The Morgan fingerprint density at radius 2 is 1.81 bits per heavy atom. The van der Waals surface area contributed by atoms with Gasteiger partial charge in [-0.1, -0.05) is 62.9 Å². The summed E-state index contributed by atoms with van der Waals surface area (Å²) in [4.78, 5) is 4.56. The molecule has 0 unspecified atom stereocenters. The van der Waals surface area contributed by atoms with Crippen LogP contribution in [0.2, 0.25) is 19.6 Å². The zero-order chi connectivity index (χ0) is 19.4. The number of furan rings is 1. The summed E-state index contributed by atoms with van der Waals surface area (Å²) in [6, 6.07) is 16.8. The van der Waals surface area contributed by atoms with Crippen molar-refractivity contribution in [2.75, 3.05) is 0 Å². The van der Waals surface area contributed by atoms with E-state index in [0.29, 0.717) is 0 Å². The molecule has 2 nitrogen and oxygen atoms in total. The summed E-state index contributed by atoms with van der Waals surface area (Å²) in [5.41, 5.74) is 4.58. The lowest BCUT2D eigenvalue weighted by Crippen LogP contribution is -2.37. The third kappa shape index (κ3) is 2.86. The molecule has 3 heteroatoms. The van der Waals surface area contributed by atoms with Crippen molar-refractivity contribution in [2.24, 2.45) is 0 Å². The molecule has 2 aromatic carbocycles. The van der Waals surface area contributed by atoms with E-state index in [1.54, 1.807) is 6.20 Å². The van der Waals surface area contributed by atoms with E-state index in [9.17, 15) is 0 Å². The van der Waals surface area contributed by atoms with Gasteiger partial charge in [-0.25, -0.2) is 0 Å². The molecule has 0 amide bonds. The molecular weight excluding hydrogens is 334 g/mol. The second-order valence-electron chi connectivity index (χ2n) is 8.18. The number of hydrogen-bond acceptors (Lipinski definition) is 2. The number of benzene rings is 2. The van der Waals surface area contributed by atoms with Crippen LogP contribution in [-0.2, 0) is 0 Å². The number of fused-ring (bicyclic) bond motifs is 3. The van der Waals surface area contributed by atoms with Gasteiger partial charge in [-0.3, -0.25) is 4.98 Å². The second-order valence-corrected chi connectivity index (χ2v) is 13.3. The Morgan fingerprint density at radius 3 is 2.54 bits per heavy atom. The highest BCUT2D eigenvalue weighted by atomic mass is 28.3. The fraction of sp³-hybridized carbons (Fsp3) is 0.261. The largest absolute Gasteiger partial charge is 0.455 e. The molecule has 132 valence electrons. The van der Waals surface area contributed by atoms with Crippen molar-refractivity contribution in [3.63, 3.8) is 0 Å². The normalized spacial score (nSPS) is 13.3. The van der Waals surface area contributed by atoms with Crippen LogP contribution in [0.15, 0.2) is 59.1 Å². The molecule has 0 atom stereocenters. The summed E-state index contributed by atoms with van der Waals surface area (Å²) < 4.78 is 14.7. The topological polar surface area (TPSA) is 26.0 Å². The molecule has 26 heavy (non-hydrogen) atoms. The van der Waals surface area contributed by atoms with Gasteiger partial charge in [-0.2, -0.15) is 0 Å². The summed E-state index contributed by atoms with van der Waals surface area (Å²) in [6.07, 6.45) is 1.78. The van der Waals surface area contributed by atoms with E-state index >= 15 is 0 Å². The van der Waals surface area contributed by atoms with E-state index in [1.165, 1.54) is 5.19 Å². The number of aromatic nitrogens is 1. The van der Waals surface area contributed by atoms with Gasteiger partial charge >= 0.3 is 0 Å². The lowest BCUT2D eigenvalue weighted by molar-refractivity contribution is 0.670. The Labute approximate surface area is 157 Å². The van der Waals surface area contributed by atoms with Gasteiger partial charge in [-0.15, -0.1) is 0 Å². The number of hydrogen-bond donors (Lipinski definition) is 0. The minimum Gasteiger partial charge on any atom is -0.455 e. The minimum absolute atomic E-state index is 0.661. The zero-order valence-electron chi connectivity index (χ0n) is 17.1. The predicted octanol–water partition coefficient (Wildman–Crippen LogP) is 6.32. The van der Waals surface area contributed by atoms with Crippen LogP contribution in [0.5, 0.6) is 0 Å². The van der Waals surface area contributed by atoms with Gasteiger partial charge in [0, 0.05) is 23.9 Å². The monoisotopic (exact) mass is 360 g/mol. The molecule has 4 rings (SSSR count). The molecule has 0 aliphatic rings. The van der Waals surface area contributed by atoms with Crippen LogP contribution >= 0.6 is 0 Å². The smallest absolute Gasteiger partial charge is 0.144 e. The first-order chi connectivity index (χ1) is 12.6. The first-order valence-corrected chi connectivity index (χ1v) is 12.6. The van der Waals surface area contributed by atoms with E-state index in [-0.39, 0.29) is 0 Å². The van der Waals surface area contributed by atoms with Crippen LogP contribution in [0.25, 0.3) is 33.2 Å². The van der Waals surface area contributed by atoms with Gasteiger partial charge in [0.2, 0.25) is 0 Å². The molecule has 0 aliphatic heterocycles. The zero-order valence-corrected chi connectivity index (χ0v) is 17.1. The van der Waals surface area contributed by atoms with E-state index in [2.05, 4.69) is 55.0 Å². The molecule has 0 saturated carbocycles. The molecule has 0 fully saturated rings. The van der Waals surface area contributed by atoms with Crippen molar-refractivity contribution >= 4 is 35.2 Å². The minimum atomic E-state index is -1.40. The third-order valence-corrected chi connectivity index (χ3v) is 7.02. The number of para-hydroxylation sites is 1. The molecule has 0 saturated heterocycles. The fourth-order valence-electron chi connectivity index (χ4n) is 3.36. The SMILES string of the molecule is [2H]C(C)(C)c1ccnc(-c2cccc3c2oc2cc([Si](C)(C)C)ccc23)c1. The Balaban J connectivity index is 1.95. The number of rotatable bonds is 3. The maximum absolute atomic E-state index is 8.32. The highest BCUT2D eigenvalue weighted by Crippen LogP contribution is 2.35. The van der Waals surface area contributed by atoms with Crippen LogP contribution in [0.3, 0.4) is 0 Å². The molecule has 0 radical (unpaired) electrons. The fourth-order valence-corrected chi connectivity index (χ4v) is 4.50. The molecule has 2 aromatic heterocycles. The lowest BCUT2D eigenvalue weighted by Gasteiger charge is -2.15. The van der Waals surface area contributed by atoms with Crippen molar-refractivity contribution in [1.82, 2.24) is 4.98 Å². The van der Waals surface area contributed by atoms with Crippen molar-refractivity contribution in [3.8, 4) is 11.3 Å². The molecule has 0 aliphatic carbocycles. The van der Waals surface area contributed by atoms with Gasteiger partial charge in [0.25, 0.3) is 0 Å². The van der Waals surface area contributed by atoms with Gasteiger partial charge in [0.1, 0.15) is 11.2 Å².